The predicted octanol–water partition coefficient (Wildman–Crippen LogP) is 3.60. The molecule has 3 heterocycles. The fourth-order valence-electron chi connectivity index (χ4n) is 2.94. The van der Waals surface area contributed by atoms with Crippen molar-refractivity contribution in [3.8, 4) is 22.8 Å². The van der Waals surface area contributed by atoms with Gasteiger partial charge in [0.15, 0.2) is 17.2 Å². The van der Waals surface area contributed by atoms with E-state index in [-0.39, 0.29) is 30.2 Å². The van der Waals surface area contributed by atoms with Crippen molar-refractivity contribution in [3.63, 3.8) is 0 Å². The third kappa shape index (κ3) is 4.41. The molecule has 0 saturated heterocycles. The Morgan fingerprint density at radius 2 is 2.00 bits per heavy atom. The zero-order valence-electron chi connectivity index (χ0n) is 15.8. The Bertz CT molecular complexity index is 1220. The summed E-state index contributed by atoms with van der Waals surface area (Å²) in [4.78, 5) is 19.7. The highest BCUT2D eigenvalue weighted by Gasteiger charge is 2.35. The van der Waals surface area contributed by atoms with Crippen molar-refractivity contribution in [2.45, 2.75) is 17.9 Å². The molecular weight excluding hydrogens is 503 g/mol. The average molecular weight is 516 g/mol. The lowest BCUT2D eigenvalue weighted by Crippen LogP contribution is -2.20. The van der Waals surface area contributed by atoms with Crippen LogP contribution in [0.25, 0.3) is 11.3 Å². The summed E-state index contributed by atoms with van der Waals surface area (Å²) in [5, 5.41) is -0.443. The van der Waals surface area contributed by atoms with Crippen LogP contribution in [-0.4, -0.2) is 32.1 Å². The highest BCUT2D eigenvalue weighted by molar-refractivity contribution is 9.10. The number of ether oxygens (including phenoxy) is 2. The van der Waals surface area contributed by atoms with Gasteiger partial charge < -0.3 is 18.6 Å². The molecule has 1 aliphatic rings. The first-order chi connectivity index (χ1) is 14.6. The van der Waals surface area contributed by atoms with E-state index >= 15 is 0 Å². The normalized spacial score (nSPS) is 14.0. The summed E-state index contributed by atoms with van der Waals surface area (Å²) in [6.45, 7) is 0.205. The fraction of sp³-hybridized carbons (Fsp3) is 0.211. The zero-order valence-corrected chi connectivity index (χ0v) is 18.2. The molecule has 1 aliphatic heterocycles. The lowest BCUT2D eigenvalue weighted by molar-refractivity contribution is -0.141. The minimum atomic E-state index is -4.74. The molecule has 0 bridgehead atoms. The van der Waals surface area contributed by atoms with Crippen LogP contribution in [0.2, 0.25) is 0 Å². The van der Waals surface area contributed by atoms with Crippen LogP contribution >= 0.6 is 15.9 Å². The Morgan fingerprint density at radius 3 is 2.71 bits per heavy atom. The minimum Gasteiger partial charge on any atom is -0.609 e. The maximum absolute atomic E-state index is 13.2. The molecule has 31 heavy (non-hydrogen) atoms. The molecule has 0 amide bonds. The van der Waals surface area contributed by atoms with Gasteiger partial charge in [-0.2, -0.15) is 23.1 Å². The standard InChI is InChI=1S/C19H13BrF3N3O4S/c1-31(28)18-24-12(6-14(25-18)19(21,22)23)10-3-5-15(27)26(7-10)8-11-2-4-13-17(16(11)20)30-9-29-13/h2-7H,8-9H2,1H3. The molecule has 1 unspecified atom stereocenters. The third-order valence-electron chi connectivity index (χ3n) is 4.43. The lowest BCUT2D eigenvalue weighted by Gasteiger charge is -2.13. The highest BCUT2D eigenvalue weighted by Crippen LogP contribution is 2.41. The van der Waals surface area contributed by atoms with Gasteiger partial charge in [-0.15, -0.1) is 0 Å². The van der Waals surface area contributed by atoms with Crippen LogP contribution in [-0.2, 0) is 23.9 Å². The summed E-state index contributed by atoms with van der Waals surface area (Å²) < 4.78 is 64.1. The first-order valence-electron chi connectivity index (χ1n) is 8.71. The Hall–Kier alpha value is -2.57. The molecule has 3 aromatic rings. The van der Waals surface area contributed by atoms with Gasteiger partial charge in [-0.25, -0.2) is 0 Å². The zero-order chi connectivity index (χ0) is 22.3. The van der Waals surface area contributed by atoms with E-state index in [1.165, 1.54) is 29.2 Å². The fourth-order valence-corrected chi connectivity index (χ4v) is 3.96. The second kappa shape index (κ2) is 8.17. The van der Waals surface area contributed by atoms with Crippen LogP contribution in [0.5, 0.6) is 11.5 Å². The van der Waals surface area contributed by atoms with E-state index in [0.717, 1.165) is 6.07 Å². The Balaban J connectivity index is 1.75. The quantitative estimate of drug-likeness (QED) is 0.389. The van der Waals surface area contributed by atoms with E-state index in [1.54, 1.807) is 12.1 Å². The first-order valence-corrected chi connectivity index (χ1v) is 11.1. The first kappa shape index (κ1) is 21.7. The minimum absolute atomic E-state index is 0.0865. The maximum atomic E-state index is 13.2. The van der Waals surface area contributed by atoms with Crippen LogP contribution in [0.1, 0.15) is 11.3 Å². The van der Waals surface area contributed by atoms with Gasteiger partial charge in [0.1, 0.15) is 6.26 Å². The summed E-state index contributed by atoms with van der Waals surface area (Å²) in [5.41, 5.74) is -0.712. The molecule has 0 spiro atoms. The number of aromatic nitrogens is 3. The van der Waals surface area contributed by atoms with Gasteiger partial charge >= 0.3 is 11.3 Å². The van der Waals surface area contributed by atoms with Gasteiger partial charge in [0.2, 0.25) is 6.79 Å². The number of pyridine rings is 1. The van der Waals surface area contributed by atoms with E-state index in [2.05, 4.69) is 25.9 Å². The van der Waals surface area contributed by atoms with Crippen LogP contribution in [0.3, 0.4) is 0 Å². The Morgan fingerprint density at radius 1 is 1.23 bits per heavy atom. The van der Waals surface area contributed by atoms with Crippen molar-refractivity contribution in [1.82, 2.24) is 14.5 Å². The number of rotatable bonds is 4. The van der Waals surface area contributed by atoms with Crippen LogP contribution in [0.15, 0.2) is 51.0 Å². The molecule has 1 atom stereocenters. The van der Waals surface area contributed by atoms with Gasteiger partial charge in [-0.1, -0.05) is 6.07 Å². The summed E-state index contributed by atoms with van der Waals surface area (Å²) >= 11 is 1.61. The topological polar surface area (TPSA) is 89.3 Å². The highest BCUT2D eigenvalue weighted by atomic mass is 79.9. The molecule has 0 aliphatic carbocycles. The molecular formula is C19H13BrF3N3O4S. The van der Waals surface area contributed by atoms with Crippen molar-refractivity contribution in [1.29, 1.82) is 0 Å². The van der Waals surface area contributed by atoms with Gasteiger partial charge in [-0.05, 0) is 39.7 Å². The number of hydrogen-bond acceptors (Lipinski definition) is 6. The van der Waals surface area contributed by atoms with Crippen molar-refractivity contribution < 1.29 is 27.2 Å². The van der Waals surface area contributed by atoms with E-state index in [1.807, 2.05) is 0 Å². The molecule has 0 N–H and O–H groups in total. The van der Waals surface area contributed by atoms with Crippen molar-refractivity contribution in [3.05, 3.63) is 62.6 Å². The second-order valence-corrected chi connectivity index (χ2v) is 8.60. The SMILES string of the molecule is C[S+]([O-])c1nc(-c2ccc(=O)n(Cc3ccc4c(c3Br)OCO4)c2)cc(C(F)(F)F)n1. The number of alkyl halides is 3. The number of nitrogens with zero attached hydrogens (tertiary/aromatic N) is 3. The van der Waals surface area contributed by atoms with Crippen LogP contribution < -0.4 is 15.0 Å². The number of halogens is 4. The van der Waals surface area contributed by atoms with Crippen molar-refractivity contribution >= 4 is 27.1 Å². The van der Waals surface area contributed by atoms with Gasteiger partial charge in [0.25, 0.3) is 5.56 Å². The molecule has 0 saturated carbocycles. The molecule has 4 rings (SSSR count). The monoisotopic (exact) mass is 515 g/mol. The molecule has 0 fully saturated rings. The van der Waals surface area contributed by atoms with Gasteiger partial charge in [-0.3, -0.25) is 4.79 Å². The predicted molar refractivity (Wildman–Crippen MR) is 108 cm³/mol. The lowest BCUT2D eigenvalue weighted by atomic mass is 10.1. The van der Waals surface area contributed by atoms with E-state index in [9.17, 15) is 22.5 Å². The van der Waals surface area contributed by atoms with Gasteiger partial charge in [0, 0.05) is 29.0 Å². The summed E-state index contributed by atoms with van der Waals surface area (Å²) in [6, 6.07) is 6.81. The third-order valence-corrected chi connectivity index (χ3v) is 6.00. The molecule has 2 aromatic heterocycles. The molecule has 12 heteroatoms. The summed E-state index contributed by atoms with van der Waals surface area (Å²) in [5.74, 6) is 1.08. The van der Waals surface area contributed by atoms with E-state index in [4.69, 9.17) is 9.47 Å². The van der Waals surface area contributed by atoms with Crippen molar-refractivity contribution in [2.24, 2.45) is 0 Å². The molecule has 0 radical (unpaired) electrons. The average Bonchev–Trinajstić information content (AvgIpc) is 3.20. The number of fused-ring (bicyclic) bond motifs is 1. The van der Waals surface area contributed by atoms with Crippen LogP contribution in [0.4, 0.5) is 13.2 Å². The summed E-state index contributed by atoms with van der Waals surface area (Å²) in [7, 11) is 0. The molecule has 162 valence electrons. The molecule has 1 aromatic carbocycles. The summed E-state index contributed by atoms with van der Waals surface area (Å²) in [6.07, 6.45) is -2.15. The number of benzene rings is 1. The van der Waals surface area contributed by atoms with E-state index < -0.39 is 28.2 Å². The maximum Gasteiger partial charge on any atom is 0.433 e. The second-order valence-electron chi connectivity index (χ2n) is 6.53. The smallest absolute Gasteiger partial charge is 0.433 e. The Labute approximate surface area is 185 Å². The largest absolute Gasteiger partial charge is 0.609 e. The van der Waals surface area contributed by atoms with Gasteiger partial charge in [0.05, 0.1) is 16.7 Å². The van der Waals surface area contributed by atoms with Crippen LogP contribution in [0, 0.1) is 0 Å². The number of hydrogen-bond donors (Lipinski definition) is 0. The Kier molecular flexibility index (Phi) is 5.71. The van der Waals surface area contributed by atoms with Crippen molar-refractivity contribution in [2.75, 3.05) is 13.0 Å². The molecule has 7 nitrogen and oxygen atoms in total. The van der Waals surface area contributed by atoms with E-state index in [0.29, 0.717) is 21.5 Å².